The molecule has 2 saturated heterocycles. The van der Waals surface area contributed by atoms with Crippen LogP contribution in [0, 0.1) is 11.8 Å². The molecule has 0 radical (unpaired) electrons. The Kier molecular flexibility index (Phi) is 6.11. The van der Waals surface area contributed by atoms with Gasteiger partial charge in [0, 0.05) is 11.6 Å². The predicted octanol–water partition coefficient (Wildman–Crippen LogP) is 3.31. The van der Waals surface area contributed by atoms with Gasteiger partial charge in [-0.05, 0) is 38.8 Å². The second-order valence-electron chi connectivity index (χ2n) is 10.3. The summed E-state index contributed by atoms with van der Waals surface area (Å²) in [6, 6.07) is 5.34. The van der Waals surface area contributed by atoms with E-state index in [1.54, 1.807) is 20.2 Å². The maximum Gasteiger partial charge on any atom is 0.417 e. The Labute approximate surface area is 213 Å². The van der Waals surface area contributed by atoms with Gasteiger partial charge in [-0.15, -0.1) is 0 Å². The maximum atomic E-state index is 13.5. The molecule has 6 rings (SSSR count). The zero-order valence-corrected chi connectivity index (χ0v) is 20.5. The minimum atomic E-state index is -4.51. The summed E-state index contributed by atoms with van der Waals surface area (Å²) < 4.78 is 58.9. The maximum absolute atomic E-state index is 13.5. The van der Waals surface area contributed by atoms with Crippen molar-refractivity contribution in [1.82, 2.24) is 10.2 Å². The third kappa shape index (κ3) is 4.68. The summed E-state index contributed by atoms with van der Waals surface area (Å²) in [5.41, 5.74) is -0.906. The number of nitrogens with one attached hydrogen (secondary N) is 1. The van der Waals surface area contributed by atoms with Crippen molar-refractivity contribution in [1.29, 1.82) is 0 Å². The zero-order chi connectivity index (χ0) is 25.8. The van der Waals surface area contributed by atoms with Crippen LogP contribution in [0.3, 0.4) is 0 Å². The van der Waals surface area contributed by atoms with Crippen molar-refractivity contribution in [3.05, 3.63) is 35.4 Å². The highest BCUT2D eigenvalue weighted by atomic mass is 19.4. The lowest BCUT2D eigenvalue weighted by molar-refractivity contribution is -0.189. The number of alkyl halides is 3. The fourth-order valence-electron chi connectivity index (χ4n) is 5.60. The standard InChI is InChI=1S/C26H28F3N5O3/c1-25(2)36-20-18(12-11-15-7-3-6-10-17(15)26(27,28)29)35-24(21(20)37-25)34-14-32-19-22(30-13-31-23(19)34)33-16-8-4-5-9-16/h3,6-7,10,13-14,16,18-22,24,33H,4-5,8-9H2,1-2H3/t18?,19?,20-,21-,22?,24-/m1/s1. The van der Waals surface area contributed by atoms with Crippen LogP contribution in [0.2, 0.25) is 0 Å². The second-order valence-corrected chi connectivity index (χ2v) is 10.3. The number of ether oxygens (including phenoxy) is 3. The van der Waals surface area contributed by atoms with Crippen LogP contribution >= 0.6 is 0 Å². The van der Waals surface area contributed by atoms with Gasteiger partial charge in [0.25, 0.3) is 0 Å². The van der Waals surface area contributed by atoms with Gasteiger partial charge in [0.1, 0.15) is 42.7 Å². The molecule has 196 valence electrons. The van der Waals surface area contributed by atoms with E-state index >= 15 is 0 Å². The molecule has 11 heteroatoms. The minimum Gasteiger partial charge on any atom is -0.341 e. The first kappa shape index (κ1) is 24.6. The fraction of sp³-hybridized carbons (Fsp3) is 0.577. The van der Waals surface area contributed by atoms with Crippen molar-refractivity contribution in [3.8, 4) is 11.8 Å². The molecule has 1 saturated carbocycles. The fourth-order valence-corrected chi connectivity index (χ4v) is 5.60. The van der Waals surface area contributed by atoms with E-state index in [9.17, 15) is 13.2 Å². The Morgan fingerprint density at radius 3 is 2.62 bits per heavy atom. The normalized spacial score (nSPS) is 34.3. The van der Waals surface area contributed by atoms with E-state index in [0.717, 1.165) is 18.9 Å². The number of benzene rings is 1. The van der Waals surface area contributed by atoms with E-state index < -0.39 is 42.1 Å². The molecule has 3 fully saturated rings. The van der Waals surface area contributed by atoms with Crippen LogP contribution in [0.4, 0.5) is 13.2 Å². The van der Waals surface area contributed by atoms with E-state index in [0.29, 0.717) is 11.9 Å². The SMILES string of the molecule is CC1(C)O[C@@H]2[C@H](O1)C(C#Cc1ccccc1C(F)(F)F)O[C@H]2N1C=NC2C1=NC=NC2NC1CCCC1. The monoisotopic (exact) mass is 515 g/mol. The Morgan fingerprint density at radius 2 is 1.84 bits per heavy atom. The van der Waals surface area contributed by atoms with E-state index in [2.05, 4.69) is 32.1 Å². The summed E-state index contributed by atoms with van der Waals surface area (Å²) in [4.78, 5) is 15.5. The molecule has 4 aliphatic heterocycles. The molecule has 0 aromatic heterocycles. The summed E-state index contributed by atoms with van der Waals surface area (Å²) in [6.07, 6.45) is 0.523. The van der Waals surface area contributed by atoms with E-state index in [1.165, 1.54) is 37.4 Å². The molecule has 1 N–H and O–H groups in total. The number of hydrogen-bond acceptors (Lipinski definition) is 8. The highest BCUT2D eigenvalue weighted by Crippen LogP contribution is 2.41. The van der Waals surface area contributed by atoms with Gasteiger partial charge in [0.15, 0.2) is 12.0 Å². The number of fused-ring (bicyclic) bond motifs is 2. The minimum absolute atomic E-state index is 0.117. The van der Waals surface area contributed by atoms with Crippen molar-refractivity contribution >= 4 is 18.5 Å². The largest absolute Gasteiger partial charge is 0.417 e. The molecule has 1 aliphatic carbocycles. The number of aliphatic imine (C=N–C) groups is 3. The summed E-state index contributed by atoms with van der Waals surface area (Å²) in [5, 5.41) is 3.59. The van der Waals surface area contributed by atoms with Gasteiger partial charge in [-0.3, -0.25) is 20.2 Å². The summed E-state index contributed by atoms with van der Waals surface area (Å²) in [7, 11) is 0. The second kappa shape index (κ2) is 9.20. The van der Waals surface area contributed by atoms with Crippen LogP contribution in [-0.4, -0.2) is 72.0 Å². The molecule has 0 spiro atoms. The molecule has 5 aliphatic rings. The van der Waals surface area contributed by atoms with Crippen molar-refractivity contribution in [2.24, 2.45) is 15.0 Å². The van der Waals surface area contributed by atoms with Crippen LogP contribution < -0.4 is 5.32 Å². The summed E-state index contributed by atoms with van der Waals surface area (Å²) in [6.45, 7) is 3.58. The predicted molar refractivity (Wildman–Crippen MR) is 130 cm³/mol. The van der Waals surface area contributed by atoms with Gasteiger partial charge >= 0.3 is 6.18 Å². The molecule has 4 heterocycles. The van der Waals surface area contributed by atoms with Gasteiger partial charge in [-0.25, -0.2) is 4.99 Å². The molecule has 1 aromatic rings. The van der Waals surface area contributed by atoms with Gasteiger partial charge in [-0.1, -0.05) is 36.8 Å². The number of halogens is 3. The van der Waals surface area contributed by atoms with Gasteiger partial charge < -0.3 is 14.2 Å². The molecule has 1 aromatic carbocycles. The van der Waals surface area contributed by atoms with Crippen LogP contribution in [0.15, 0.2) is 39.2 Å². The quantitative estimate of drug-likeness (QED) is 0.625. The Morgan fingerprint density at radius 1 is 1.08 bits per heavy atom. The van der Waals surface area contributed by atoms with Crippen molar-refractivity contribution < 1.29 is 27.4 Å². The van der Waals surface area contributed by atoms with Crippen LogP contribution in [0.1, 0.15) is 50.7 Å². The van der Waals surface area contributed by atoms with Crippen molar-refractivity contribution in [3.63, 3.8) is 0 Å². The lowest BCUT2D eigenvalue weighted by atomic mass is 10.1. The first-order valence-corrected chi connectivity index (χ1v) is 12.6. The molecular weight excluding hydrogens is 487 g/mol. The summed E-state index contributed by atoms with van der Waals surface area (Å²) >= 11 is 0. The number of hydrogen-bond donors (Lipinski definition) is 1. The zero-order valence-electron chi connectivity index (χ0n) is 20.5. The van der Waals surface area contributed by atoms with E-state index in [4.69, 9.17) is 14.2 Å². The van der Waals surface area contributed by atoms with Crippen molar-refractivity contribution in [2.45, 2.75) is 94.3 Å². The average molecular weight is 516 g/mol. The number of nitrogens with zero attached hydrogens (tertiary/aromatic N) is 4. The molecule has 37 heavy (non-hydrogen) atoms. The van der Waals surface area contributed by atoms with E-state index in [-0.39, 0.29) is 17.8 Å². The molecule has 0 bridgehead atoms. The smallest absolute Gasteiger partial charge is 0.341 e. The molecular formula is C26H28F3N5O3. The Hall–Kier alpha value is -2.78. The third-order valence-electron chi connectivity index (χ3n) is 7.24. The number of rotatable bonds is 3. The lowest BCUT2D eigenvalue weighted by Crippen LogP contribution is -2.52. The average Bonchev–Trinajstić information content (AvgIpc) is 3.62. The highest BCUT2D eigenvalue weighted by molar-refractivity contribution is 6.05. The van der Waals surface area contributed by atoms with E-state index in [1.807, 2.05) is 4.90 Å². The van der Waals surface area contributed by atoms with Gasteiger partial charge in [0.2, 0.25) is 0 Å². The Balaban J connectivity index is 1.24. The third-order valence-corrected chi connectivity index (χ3v) is 7.24. The Bertz CT molecular complexity index is 1200. The van der Waals surface area contributed by atoms with Gasteiger partial charge in [0.05, 0.1) is 11.9 Å². The molecule has 8 nitrogen and oxygen atoms in total. The summed E-state index contributed by atoms with van der Waals surface area (Å²) in [5.74, 6) is 5.32. The van der Waals surface area contributed by atoms with Gasteiger partial charge in [-0.2, -0.15) is 13.2 Å². The molecule has 3 unspecified atom stereocenters. The van der Waals surface area contributed by atoms with Crippen molar-refractivity contribution in [2.75, 3.05) is 0 Å². The number of amidine groups is 1. The van der Waals surface area contributed by atoms with Crippen LogP contribution in [0.5, 0.6) is 0 Å². The first-order chi connectivity index (χ1) is 17.7. The lowest BCUT2D eigenvalue weighted by Gasteiger charge is -2.32. The topological polar surface area (TPSA) is 80.0 Å². The first-order valence-electron chi connectivity index (χ1n) is 12.6. The highest BCUT2D eigenvalue weighted by Gasteiger charge is 2.58. The van der Waals surface area contributed by atoms with Crippen LogP contribution in [0.25, 0.3) is 0 Å². The van der Waals surface area contributed by atoms with Crippen LogP contribution in [-0.2, 0) is 20.4 Å². The molecule has 6 atom stereocenters. The molecule has 0 amide bonds.